The van der Waals surface area contributed by atoms with Crippen LogP contribution in [0.5, 0.6) is 6.01 Å². The van der Waals surface area contributed by atoms with Crippen LogP contribution >= 0.6 is 0 Å². The molecule has 0 aliphatic heterocycles. The van der Waals surface area contributed by atoms with Crippen molar-refractivity contribution in [1.82, 2.24) is 18.7 Å². The molecule has 0 radical (unpaired) electrons. The fourth-order valence-corrected chi connectivity index (χ4v) is 4.25. The molecule has 166 valence electrons. The number of aryl methyl sites for hydroxylation is 2. The molecular formula is C23H30N4O4. The molecule has 1 aliphatic rings. The lowest BCUT2D eigenvalue weighted by Gasteiger charge is -2.15. The Morgan fingerprint density at radius 3 is 2.45 bits per heavy atom. The summed E-state index contributed by atoms with van der Waals surface area (Å²) in [5, 5.41) is 9.22. The molecule has 0 saturated heterocycles. The molecule has 3 aromatic rings. The molecule has 4 rings (SSSR count). The fourth-order valence-electron chi connectivity index (χ4n) is 4.25. The number of aliphatic hydroxyl groups is 1. The van der Waals surface area contributed by atoms with Gasteiger partial charge in [0.15, 0.2) is 11.2 Å². The molecular weight excluding hydrogens is 396 g/mol. The van der Waals surface area contributed by atoms with E-state index in [0.717, 1.165) is 36.8 Å². The minimum Gasteiger partial charge on any atom is -0.461 e. The van der Waals surface area contributed by atoms with Crippen LogP contribution in [0.3, 0.4) is 0 Å². The summed E-state index contributed by atoms with van der Waals surface area (Å²) in [6.45, 7) is 4.78. The molecule has 2 heterocycles. The fraction of sp³-hybridized carbons (Fsp3) is 0.522. The van der Waals surface area contributed by atoms with Crippen LogP contribution in [0.2, 0.25) is 0 Å². The summed E-state index contributed by atoms with van der Waals surface area (Å²) in [7, 11) is 0. The van der Waals surface area contributed by atoms with Crippen molar-refractivity contribution in [2.45, 2.75) is 71.7 Å². The normalized spacial score (nSPS) is 14.5. The number of benzene rings is 1. The van der Waals surface area contributed by atoms with Crippen LogP contribution in [0.25, 0.3) is 11.2 Å². The zero-order valence-electron chi connectivity index (χ0n) is 18.2. The van der Waals surface area contributed by atoms with Crippen molar-refractivity contribution in [2.24, 2.45) is 0 Å². The highest BCUT2D eigenvalue weighted by Gasteiger charge is 2.25. The zero-order chi connectivity index (χ0) is 22.0. The summed E-state index contributed by atoms with van der Waals surface area (Å²) in [6, 6.07) is 8.52. The van der Waals surface area contributed by atoms with Gasteiger partial charge in [-0.3, -0.25) is 18.5 Å². The maximum atomic E-state index is 13.4. The summed E-state index contributed by atoms with van der Waals surface area (Å²) in [5.41, 5.74) is 2.12. The number of fused-ring (bicyclic) bond motifs is 1. The second-order valence-electron chi connectivity index (χ2n) is 8.22. The molecule has 0 atom stereocenters. The standard InChI is InChI=1S/C23H30N4O4/c1-3-25-20-19(21(29)26(23(25)30)13-6-14-28)27(15-17-11-9-16(2)10-12-17)22(24-20)31-18-7-4-5-8-18/h9-12,18,28H,3-8,13-15H2,1-2H3. The van der Waals surface area contributed by atoms with Crippen molar-refractivity contribution >= 4 is 11.2 Å². The third-order valence-corrected chi connectivity index (χ3v) is 5.97. The van der Waals surface area contributed by atoms with Gasteiger partial charge < -0.3 is 9.84 Å². The Labute approximate surface area is 180 Å². The minimum absolute atomic E-state index is 0.0759. The van der Waals surface area contributed by atoms with E-state index in [4.69, 9.17) is 4.74 Å². The maximum Gasteiger partial charge on any atom is 0.332 e. The molecule has 1 aliphatic carbocycles. The highest BCUT2D eigenvalue weighted by molar-refractivity contribution is 5.72. The smallest absolute Gasteiger partial charge is 0.332 e. The molecule has 2 aromatic heterocycles. The third kappa shape index (κ3) is 4.17. The Kier molecular flexibility index (Phi) is 6.27. The van der Waals surface area contributed by atoms with Crippen LogP contribution in [0.15, 0.2) is 33.9 Å². The second-order valence-corrected chi connectivity index (χ2v) is 8.22. The molecule has 1 saturated carbocycles. The van der Waals surface area contributed by atoms with Gasteiger partial charge in [-0.15, -0.1) is 0 Å². The molecule has 31 heavy (non-hydrogen) atoms. The van der Waals surface area contributed by atoms with Gasteiger partial charge in [-0.05, 0) is 51.5 Å². The highest BCUT2D eigenvalue weighted by Crippen LogP contribution is 2.26. The largest absolute Gasteiger partial charge is 0.461 e. The molecule has 0 unspecified atom stereocenters. The number of nitrogens with zero attached hydrogens (tertiary/aromatic N) is 4. The van der Waals surface area contributed by atoms with Crippen LogP contribution in [-0.4, -0.2) is 36.5 Å². The van der Waals surface area contributed by atoms with E-state index in [1.165, 1.54) is 9.13 Å². The Morgan fingerprint density at radius 2 is 1.81 bits per heavy atom. The molecule has 8 heteroatoms. The third-order valence-electron chi connectivity index (χ3n) is 5.97. The molecule has 0 amide bonds. The van der Waals surface area contributed by atoms with Gasteiger partial charge in [0.1, 0.15) is 6.10 Å². The highest BCUT2D eigenvalue weighted by atomic mass is 16.5. The lowest BCUT2D eigenvalue weighted by atomic mass is 10.1. The maximum absolute atomic E-state index is 13.4. The van der Waals surface area contributed by atoms with Gasteiger partial charge in [0.2, 0.25) is 0 Å². The van der Waals surface area contributed by atoms with Crippen molar-refractivity contribution in [2.75, 3.05) is 6.61 Å². The Bertz CT molecular complexity index is 1170. The summed E-state index contributed by atoms with van der Waals surface area (Å²) >= 11 is 0. The van der Waals surface area contributed by atoms with Gasteiger partial charge in [-0.25, -0.2) is 4.79 Å². The average molecular weight is 427 g/mol. The van der Waals surface area contributed by atoms with E-state index in [0.29, 0.717) is 36.7 Å². The van der Waals surface area contributed by atoms with E-state index in [2.05, 4.69) is 4.98 Å². The second kappa shape index (κ2) is 9.09. The van der Waals surface area contributed by atoms with E-state index in [9.17, 15) is 14.7 Å². The van der Waals surface area contributed by atoms with Gasteiger partial charge in [-0.2, -0.15) is 4.98 Å². The van der Waals surface area contributed by atoms with Crippen LogP contribution in [-0.2, 0) is 19.6 Å². The van der Waals surface area contributed by atoms with Gasteiger partial charge >= 0.3 is 5.69 Å². The summed E-state index contributed by atoms with van der Waals surface area (Å²) in [4.78, 5) is 31.0. The molecule has 1 N–H and O–H groups in total. The van der Waals surface area contributed by atoms with Crippen LogP contribution in [0, 0.1) is 6.92 Å². The van der Waals surface area contributed by atoms with Gasteiger partial charge in [0.25, 0.3) is 11.6 Å². The first-order valence-electron chi connectivity index (χ1n) is 11.1. The summed E-state index contributed by atoms with van der Waals surface area (Å²) in [5.74, 6) is 0. The molecule has 0 spiro atoms. The average Bonchev–Trinajstić information content (AvgIpc) is 3.39. The summed E-state index contributed by atoms with van der Waals surface area (Å²) < 4.78 is 10.8. The number of rotatable bonds is 8. The Hall–Kier alpha value is -2.87. The number of ether oxygens (including phenoxy) is 1. The minimum atomic E-state index is -0.402. The lowest BCUT2D eigenvalue weighted by molar-refractivity contribution is 0.186. The first kappa shape index (κ1) is 21.4. The number of hydrogen-bond donors (Lipinski definition) is 1. The number of hydrogen-bond acceptors (Lipinski definition) is 5. The zero-order valence-corrected chi connectivity index (χ0v) is 18.2. The predicted octanol–water partition coefficient (Wildman–Crippen LogP) is 2.44. The monoisotopic (exact) mass is 426 g/mol. The van der Waals surface area contributed by atoms with E-state index in [-0.39, 0.29) is 24.8 Å². The first-order chi connectivity index (χ1) is 15.0. The molecule has 1 aromatic carbocycles. The molecule has 8 nitrogen and oxygen atoms in total. The van der Waals surface area contributed by atoms with Crippen molar-refractivity contribution in [3.8, 4) is 6.01 Å². The Morgan fingerprint density at radius 1 is 1.10 bits per heavy atom. The lowest BCUT2D eigenvalue weighted by Crippen LogP contribution is -2.40. The predicted molar refractivity (Wildman–Crippen MR) is 119 cm³/mol. The summed E-state index contributed by atoms with van der Waals surface area (Å²) in [6.07, 6.45) is 4.59. The Balaban J connectivity index is 1.91. The first-order valence-corrected chi connectivity index (χ1v) is 11.1. The van der Waals surface area contributed by atoms with E-state index >= 15 is 0 Å². The van der Waals surface area contributed by atoms with Crippen LogP contribution in [0.4, 0.5) is 0 Å². The number of aromatic nitrogens is 4. The van der Waals surface area contributed by atoms with Gasteiger partial charge in [0.05, 0.1) is 6.54 Å². The molecule has 1 fully saturated rings. The molecule has 0 bridgehead atoms. The SMILES string of the molecule is CCn1c(=O)n(CCCO)c(=O)c2c1nc(OC1CCCC1)n2Cc1ccc(C)cc1. The topological polar surface area (TPSA) is 91.3 Å². The van der Waals surface area contributed by atoms with Gasteiger partial charge in [0, 0.05) is 19.7 Å². The van der Waals surface area contributed by atoms with E-state index < -0.39 is 5.69 Å². The van der Waals surface area contributed by atoms with Crippen molar-refractivity contribution in [3.05, 3.63) is 56.2 Å². The van der Waals surface area contributed by atoms with Crippen LogP contribution in [0.1, 0.15) is 50.2 Å². The number of aliphatic hydroxyl groups excluding tert-OH is 1. The van der Waals surface area contributed by atoms with Crippen LogP contribution < -0.4 is 16.0 Å². The van der Waals surface area contributed by atoms with Crippen molar-refractivity contribution in [1.29, 1.82) is 0 Å². The van der Waals surface area contributed by atoms with E-state index in [1.54, 1.807) is 0 Å². The van der Waals surface area contributed by atoms with Crippen molar-refractivity contribution < 1.29 is 9.84 Å². The number of imidazole rings is 1. The van der Waals surface area contributed by atoms with Crippen molar-refractivity contribution in [3.63, 3.8) is 0 Å². The van der Waals surface area contributed by atoms with E-state index in [1.807, 2.05) is 42.7 Å². The van der Waals surface area contributed by atoms with Gasteiger partial charge in [-0.1, -0.05) is 29.8 Å². The quantitative estimate of drug-likeness (QED) is 0.597.